The molecule has 2 nitrogen and oxygen atoms in total. The highest BCUT2D eigenvalue weighted by atomic mass is 79.9. The van der Waals surface area contributed by atoms with E-state index < -0.39 is 17.7 Å². The maximum atomic E-state index is 12.8. The molecule has 98 valence electrons. The van der Waals surface area contributed by atoms with Crippen LogP contribution in [-0.2, 0) is 9.53 Å². The largest absolute Gasteiger partial charge is 0.463 e. The summed E-state index contributed by atoms with van der Waals surface area (Å²) in [4.78, 5) is 11.1. The van der Waals surface area contributed by atoms with Crippen LogP contribution in [0.15, 0.2) is 34.8 Å². The lowest BCUT2D eigenvalue weighted by atomic mass is 10.1. The standard InChI is InChI=1S/C12H10BrF3O2/c1-2-18-11(17)7-10(12(14,15)16)8-3-5-9(13)6-4-8/h3-7H,2H2,1H3. The van der Waals surface area contributed by atoms with Crippen LogP contribution in [-0.4, -0.2) is 18.8 Å². The molecule has 0 aliphatic rings. The van der Waals surface area contributed by atoms with Crippen molar-refractivity contribution in [3.8, 4) is 0 Å². The van der Waals surface area contributed by atoms with Crippen LogP contribution in [0, 0.1) is 0 Å². The number of allylic oxidation sites excluding steroid dienone is 1. The second-order valence-electron chi connectivity index (χ2n) is 3.31. The van der Waals surface area contributed by atoms with Crippen molar-refractivity contribution in [2.45, 2.75) is 13.1 Å². The molecule has 0 atom stereocenters. The van der Waals surface area contributed by atoms with E-state index in [4.69, 9.17) is 0 Å². The molecule has 0 radical (unpaired) electrons. The van der Waals surface area contributed by atoms with E-state index in [1.807, 2.05) is 0 Å². The molecule has 1 aromatic carbocycles. The normalized spacial score (nSPS) is 12.4. The van der Waals surface area contributed by atoms with E-state index >= 15 is 0 Å². The number of hydrogen-bond donors (Lipinski definition) is 0. The number of alkyl halides is 3. The molecule has 0 N–H and O–H groups in total. The van der Waals surface area contributed by atoms with Crippen molar-refractivity contribution in [1.82, 2.24) is 0 Å². The molecule has 0 aliphatic heterocycles. The summed E-state index contributed by atoms with van der Waals surface area (Å²) in [5.74, 6) is -1.01. The summed E-state index contributed by atoms with van der Waals surface area (Å²) in [7, 11) is 0. The van der Waals surface area contributed by atoms with Crippen LogP contribution in [0.25, 0.3) is 5.57 Å². The van der Waals surface area contributed by atoms with Crippen LogP contribution in [0.5, 0.6) is 0 Å². The van der Waals surface area contributed by atoms with Crippen LogP contribution in [0.4, 0.5) is 13.2 Å². The lowest BCUT2D eigenvalue weighted by molar-refractivity contribution is -0.137. The Kier molecular flexibility index (Phi) is 4.95. The molecule has 0 heterocycles. The minimum absolute atomic E-state index is 0.0286. The summed E-state index contributed by atoms with van der Waals surface area (Å²) in [5, 5.41) is 0. The fourth-order valence-corrected chi connectivity index (χ4v) is 1.52. The van der Waals surface area contributed by atoms with Gasteiger partial charge < -0.3 is 4.74 Å². The second kappa shape index (κ2) is 6.04. The zero-order valence-electron chi connectivity index (χ0n) is 9.42. The van der Waals surface area contributed by atoms with E-state index in [-0.39, 0.29) is 12.2 Å². The van der Waals surface area contributed by atoms with E-state index in [1.54, 1.807) is 0 Å². The van der Waals surface area contributed by atoms with Gasteiger partial charge in [0, 0.05) is 10.5 Å². The van der Waals surface area contributed by atoms with Crippen molar-refractivity contribution in [2.24, 2.45) is 0 Å². The molecule has 6 heteroatoms. The van der Waals surface area contributed by atoms with Crippen LogP contribution in [0.2, 0.25) is 0 Å². The summed E-state index contributed by atoms with van der Waals surface area (Å²) in [6, 6.07) is 5.51. The highest BCUT2D eigenvalue weighted by Crippen LogP contribution is 2.34. The zero-order chi connectivity index (χ0) is 13.8. The molecule has 0 fully saturated rings. The summed E-state index contributed by atoms with van der Waals surface area (Å²) >= 11 is 3.13. The van der Waals surface area contributed by atoms with Crippen LogP contribution in [0.3, 0.4) is 0 Å². The fourth-order valence-electron chi connectivity index (χ4n) is 1.26. The molecule has 0 unspecified atom stereocenters. The molecule has 0 saturated heterocycles. The zero-order valence-corrected chi connectivity index (χ0v) is 11.0. The quantitative estimate of drug-likeness (QED) is 0.622. The van der Waals surface area contributed by atoms with Crippen molar-refractivity contribution in [3.05, 3.63) is 40.4 Å². The lowest BCUT2D eigenvalue weighted by Gasteiger charge is -2.11. The highest BCUT2D eigenvalue weighted by molar-refractivity contribution is 9.10. The first kappa shape index (κ1) is 14.8. The number of halogens is 4. The van der Waals surface area contributed by atoms with Gasteiger partial charge >= 0.3 is 12.1 Å². The van der Waals surface area contributed by atoms with Crippen molar-refractivity contribution in [3.63, 3.8) is 0 Å². The minimum atomic E-state index is -4.61. The Balaban J connectivity index is 3.14. The van der Waals surface area contributed by atoms with Crippen molar-refractivity contribution in [2.75, 3.05) is 6.61 Å². The summed E-state index contributed by atoms with van der Waals surface area (Å²) in [5.41, 5.74) is -1.10. The van der Waals surface area contributed by atoms with Gasteiger partial charge in [-0.1, -0.05) is 28.1 Å². The van der Waals surface area contributed by atoms with E-state index in [0.717, 1.165) is 0 Å². The lowest BCUT2D eigenvalue weighted by Crippen LogP contribution is -2.13. The molecule has 0 saturated carbocycles. The van der Waals surface area contributed by atoms with Gasteiger partial charge in [-0.05, 0) is 24.6 Å². The number of hydrogen-bond acceptors (Lipinski definition) is 2. The minimum Gasteiger partial charge on any atom is -0.463 e. The fraction of sp³-hybridized carbons (Fsp3) is 0.250. The van der Waals surface area contributed by atoms with Gasteiger partial charge in [0.25, 0.3) is 0 Å². The van der Waals surface area contributed by atoms with E-state index in [0.29, 0.717) is 10.5 Å². The van der Waals surface area contributed by atoms with Gasteiger partial charge in [0.15, 0.2) is 0 Å². The van der Waals surface area contributed by atoms with E-state index in [9.17, 15) is 18.0 Å². The van der Waals surface area contributed by atoms with Gasteiger partial charge in [-0.15, -0.1) is 0 Å². The van der Waals surface area contributed by atoms with Crippen LogP contribution >= 0.6 is 15.9 Å². The third-order valence-corrected chi connectivity index (χ3v) is 2.54. The van der Waals surface area contributed by atoms with Crippen molar-refractivity contribution >= 4 is 27.5 Å². The van der Waals surface area contributed by atoms with E-state index in [1.165, 1.54) is 31.2 Å². The van der Waals surface area contributed by atoms with Gasteiger partial charge in [-0.25, -0.2) is 4.79 Å². The highest BCUT2D eigenvalue weighted by Gasteiger charge is 2.35. The molecular formula is C12H10BrF3O2. The maximum Gasteiger partial charge on any atom is 0.417 e. The van der Waals surface area contributed by atoms with Gasteiger partial charge in [-0.2, -0.15) is 13.2 Å². The topological polar surface area (TPSA) is 26.3 Å². The molecule has 0 amide bonds. The van der Waals surface area contributed by atoms with Crippen molar-refractivity contribution in [1.29, 1.82) is 0 Å². The smallest absolute Gasteiger partial charge is 0.417 e. The molecule has 18 heavy (non-hydrogen) atoms. The Hall–Kier alpha value is -1.30. The monoisotopic (exact) mass is 322 g/mol. The Bertz CT molecular complexity index is 449. The molecule has 0 spiro atoms. The number of ether oxygens (including phenoxy) is 1. The Morgan fingerprint density at radius 3 is 2.33 bits per heavy atom. The number of rotatable bonds is 3. The predicted octanol–water partition coefficient (Wildman–Crippen LogP) is 3.96. The first-order valence-corrected chi connectivity index (χ1v) is 5.85. The van der Waals surface area contributed by atoms with Gasteiger partial charge in [-0.3, -0.25) is 0 Å². The van der Waals surface area contributed by atoms with E-state index in [2.05, 4.69) is 20.7 Å². The van der Waals surface area contributed by atoms with Crippen LogP contribution < -0.4 is 0 Å². The summed E-state index contributed by atoms with van der Waals surface area (Å²) in [6.07, 6.45) is -4.15. The third-order valence-electron chi connectivity index (χ3n) is 2.01. The maximum absolute atomic E-state index is 12.8. The Labute approximate surface area is 111 Å². The summed E-state index contributed by atoms with van der Waals surface area (Å²) < 4.78 is 43.6. The molecular weight excluding hydrogens is 313 g/mol. The van der Waals surface area contributed by atoms with Gasteiger partial charge in [0.05, 0.1) is 12.2 Å². The Morgan fingerprint density at radius 1 is 1.33 bits per heavy atom. The third kappa shape index (κ3) is 4.18. The average molecular weight is 323 g/mol. The average Bonchev–Trinajstić information content (AvgIpc) is 2.26. The predicted molar refractivity (Wildman–Crippen MR) is 64.8 cm³/mol. The van der Waals surface area contributed by atoms with Crippen molar-refractivity contribution < 1.29 is 22.7 Å². The SMILES string of the molecule is CCOC(=O)C=C(c1ccc(Br)cc1)C(F)(F)F. The molecule has 0 bridgehead atoms. The number of esters is 1. The van der Waals surface area contributed by atoms with Crippen LogP contribution in [0.1, 0.15) is 12.5 Å². The number of benzene rings is 1. The molecule has 1 aromatic rings. The van der Waals surface area contributed by atoms with Gasteiger partial charge in [0.1, 0.15) is 0 Å². The molecule has 0 aliphatic carbocycles. The first-order chi connectivity index (χ1) is 8.34. The Morgan fingerprint density at radius 2 is 1.89 bits per heavy atom. The number of carbonyl (C=O) groups excluding carboxylic acids is 1. The molecule has 1 rings (SSSR count). The van der Waals surface area contributed by atoms with Gasteiger partial charge in [0.2, 0.25) is 0 Å². The number of carbonyl (C=O) groups is 1. The molecule has 0 aromatic heterocycles. The summed E-state index contributed by atoms with van der Waals surface area (Å²) in [6.45, 7) is 1.55. The second-order valence-corrected chi connectivity index (χ2v) is 4.23. The first-order valence-electron chi connectivity index (χ1n) is 5.06.